The van der Waals surface area contributed by atoms with Crippen molar-refractivity contribution in [2.24, 2.45) is 0 Å². The third-order valence-corrected chi connectivity index (χ3v) is 4.38. The van der Waals surface area contributed by atoms with Crippen LogP contribution in [0.1, 0.15) is 71.4 Å². The quantitative estimate of drug-likeness (QED) is 0.737. The van der Waals surface area contributed by atoms with Gasteiger partial charge in [0.1, 0.15) is 0 Å². The fraction of sp³-hybridized carbons (Fsp3) is 0.364. The van der Waals surface area contributed by atoms with Crippen LogP contribution in [0.4, 0.5) is 0 Å². The molecule has 0 saturated heterocycles. The lowest BCUT2D eigenvalue weighted by Crippen LogP contribution is -2.34. The van der Waals surface area contributed by atoms with E-state index < -0.39 is 0 Å². The van der Waals surface area contributed by atoms with Crippen LogP contribution in [-0.4, -0.2) is 24.9 Å². The van der Waals surface area contributed by atoms with Crippen molar-refractivity contribution in [3.63, 3.8) is 0 Å². The predicted molar refractivity (Wildman–Crippen MR) is 106 cm³/mol. The van der Waals surface area contributed by atoms with Crippen LogP contribution >= 0.6 is 0 Å². The Balaban J connectivity index is 1.77. The van der Waals surface area contributed by atoms with Gasteiger partial charge in [0, 0.05) is 24.2 Å². The minimum absolute atomic E-state index is 0.129. The van der Waals surface area contributed by atoms with E-state index in [1.54, 1.807) is 0 Å². The summed E-state index contributed by atoms with van der Waals surface area (Å²) in [6, 6.07) is 15.2. The van der Waals surface area contributed by atoms with Crippen molar-refractivity contribution in [3.8, 4) is 0 Å². The number of rotatable bonds is 7. The lowest BCUT2D eigenvalue weighted by atomic mass is 10.0. The van der Waals surface area contributed by atoms with Gasteiger partial charge in [0.25, 0.3) is 11.8 Å². The molecule has 0 bridgehead atoms. The van der Waals surface area contributed by atoms with E-state index in [9.17, 15) is 9.59 Å². The van der Waals surface area contributed by atoms with Gasteiger partial charge in [-0.15, -0.1) is 0 Å². The average molecular weight is 352 g/mol. The van der Waals surface area contributed by atoms with E-state index in [-0.39, 0.29) is 11.8 Å². The highest BCUT2D eigenvalue weighted by molar-refractivity contribution is 5.95. The first-order chi connectivity index (χ1) is 12.4. The van der Waals surface area contributed by atoms with Gasteiger partial charge < -0.3 is 10.6 Å². The first-order valence-electron chi connectivity index (χ1n) is 9.14. The van der Waals surface area contributed by atoms with Gasteiger partial charge in [-0.3, -0.25) is 9.59 Å². The molecule has 2 aromatic carbocycles. The number of carbonyl (C=O) groups excluding carboxylic acids is 2. The molecule has 0 heterocycles. The summed E-state index contributed by atoms with van der Waals surface area (Å²) in [7, 11) is 0. The molecule has 0 aromatic heterocycles. The van der Waals surface area contributed by atoms with E-state index in [0.29, 0.717) is 36.1 Å². The van der Waals surface area contributed by atoms with Crippen LogP contribution in [0, 0.1) is 0 Å². The van der Waals surface area contributed by atoms with Crippen LogP contribution in [0.5, 0.6) is 0 Å². The lowest BCUT2D eigenvalue weighted by Gasteiger charge is -2.10. The second-order valence-electron chi connectivity index (χ2n) is 7.07. The largest absolute Gasteiger partial charge is 0.350 e. The van der Waals surface area contributed by atoms with Crippen LogP contribution in [0.2, 0.25) is 0 Å². The molecule has 2 rings (SSSR count). The summed E-state index contributed by atoms with van der Waals surface area (Å²) in [5, 5.41) is 5.65. The van der Waals surface area contributed by atoms with E-state index >= 15 is 0 Å². The van der Waals surface area contributed by atoms with Crippen LogP contribution < -0.4 is 10.6 Å². The molecule has 2 amide bonds. The van der Waals surface area contributed by atoms with Crippen molar-refractivity contribution in [1.29, 1.82) is 0 Å². The van der Waals surface area contributed by atoms with Gasteiger partial charge >= 0.3 is 0 Å². The van der Waals surface area contributed by atoms with Crippen molar-refractivity contribution in [3.05, 3.63) is 70.8 Å². The lowest BCUT2D eigenvalue weighted by molar-refractivity contribution is 0.0927. The molecule has 138 valence electrons. The van der Waals surface area contributed by atoms with E-state index in [1.807, 2.05) is 48.5 Å². The van der Waals surface area contributed by atoms with Gasteiger partial charge in [-0.2, -0.15) is 0 Å². The molecule has 4 nitrogen and oxygen atoms in total. The molecule has 4 heteroatoms. The Morgan fingerprint density at radius 2 is 0.962 bits per heavy atom. The maximum atomic E-state index is 12.1. The monoisotopic (exact) mass is 352 g/mol. The average Bonchev–Trinajstić information content (AvgIpc) is 2.65. The third kappa shape index (κ3) is 5.45. The molecule has 0 radical (unpaired) electrons. The summed E-state index contributed by atoms with van der Waals surface area (Å²) in [6.07, 6.45) is 0. The summed E-state index contributed by atoms with van der Waals surface area (Å²) >= 11 is 0. The third-order valence-electron chi connectivity index (χ3n) is 4.38. The molecule has 0 aliphatic heterocycles. The fourth-order valence-electron chi connectivity index (χ4n) is 2.59. The Kier molecular flexibility index (Phi) is 6.96. The molecule has 2 N–H and O–H groups in total. The van der Waals surface area contributed by atoms with E-state index in [4.69, 9.17) is 0 Å². The number of amides is 2. The molecule has 0 spiro atoms. The van der Waals surface area contributed by atoms with Crippen molar-refractivity contribution in [1.82, 2.24) is 10.6 Å². The summed E-state index contributed by atoms with van der Waals surface area (Å²) in [5.41, 5.74) is 3.67. The summed E-state index contributed by atoms with van der Waals surface area (Å²) in [6.45, 7) is 9.26. The van der Waals surface area contributed by atoms with Crippen molar-refractivity contribution in [2.45, 2.75) is 39.5 Å². The zero-order valence-electron chi connectivity index (χ0n) is 16.0. The number of nitrogens with one attached hydrogen (secondary N) is 2. The molecular weight excluding hydrogens is 324 g/mol. The summed E-state index contributed by atoms with van der Waals surface area (Å²) in [4.78, 5) is 24.2. The number of benzene rings is 2. The fourth-order valence-corrected chi connectivity index (χ4v) is 2.59. The molecule has 26 heavy (non-hydrogen) atoms. The first-order valence-corrected chi connectivity index (χ1v) is 9.14. The topological polar surface area (TPSA) is 58.2 Å². The van der Waals surface area contributed by atoms with Crippen molar-refractivity contribution in [2.75, 3.05) is 13.1 Å². The Morgan fingerprint density at radius 1 is 0.654 bits per heavy atom. The van der Waals surface area contributed by atoms with Gasteiger partial charge in [-0.1, -0.05) is 52.0 Å². The van der Waals surface area contributed by atoms with Crippen molar-refractivity contribution >= 4 is 11.8 Å². The highest BCUT2D eigenvalue weighted by atomic mass is 16.2. The molecule has 0 atom stereocenters. The Morgan fingerprint density at radius 3 is 1.23 bits per heavy atom. The van der Waals surface area contributed by atoms with Crippen LogP contribution in [0.15, 0.2) is 48.5 Å². The van der Waals surface area contributed by atoms with Gasteiger partial charge in [0.05, 0.1) is 0 Å². The zero-order valence-corrected chi connectivity index (χ0v) is 16.0. The maximum Gasteiger partial charge on any atom is 0.251 e. The molecular formula is C22H28N2O2. The standard InChI is InChI=1S/C22H28N2O2/c1-15(2)17-5-9-19(10-6-17)21(25)23-13-14-24-22(26)20-11-7-18(8-12-20)16(3)4/h5-12,15-16H,13-14H2,1-4H3,(H,23,25)(H,24,26). The van der Waals surface area contributed by atoms with Crippen LogP contribution in [0.3, 0.4) is 0 Å². The molecule has 0 unspecified atom stereocenters. The van der Waals surface area contributed by atoms with E-state index in [2.05, 4.69) is 38.3 Å². The second-order valence-corrected chi connectivity index (χ2v) is 7.07. The van der Waals surface area contributed by atoms with Crippen molar-refractivity contribution < 1.29 is 9.59 Å². The van der Waals surface area contributed by atoms with Gasteiger partial charge in [0.2, 0.25) is 0 Å². The molecule has 2 aromatic rings. The highest BCUT2D eigenvalue weighted by Gasteiger charge is 2.08. The molecule has 0 saturated carbocycles. The van der Waals surface area contributed by atoms with Crippen LogP contribution in [-0.2, 0) is 0 Å². The van der Waals surface area contributed by atoms with Crippen LogP contribution in [0.25, 0.3) is 0 Å². The Hall–Kier alpha value is -2.62. The number of hydrogen-bond acceptors (Lipinski definition) is 2. The molecule has 0 aliphatic carbocycles. The smallest absolute Gasteiger partial charge is 0.251 e. The SMILES string of the molecule is CC(C)c1ccc(C(=O)NCCNC(=O)c2ccc(C(C)C)cc2)cc1. The summed E-state index contributed by atoms with van der Waals surface area (Å²) in [5.74, 6) is 0.625. The second kappa shape index (κ2) is 9.18. The maximum absolute atomic E-state index is 12.1. The minimum Gasteiger partial charge on any atom is -0.350 e. The highest BCUT2D eigenvalue weighted by Crippen LogP contribution is 2.15. The Bertz CT molecular complexity index is 666. The number of carbonyl (C=O) groups is 2. The number of hydrogen-bond donors (Lipinski definition) is 2. The molecule has 0 fully saturated rings. The Labute approximate surface area is 156 Å². The predicted octanol–water partition coefficient (Wildman–Crippen LogP) is 4.09. The van der Waals surface area contributed by atoms with Gasteiger partial charge in [-0.05, 0) is 47.2 Å². The molecule has 0 aliphatic rings. The van der Waals surface area contributed by atoms with Gasteiger partial charge in [-0.25, -0.2) is 0 Å². The zero-order chi connectivity index (χ0) is 19.1. The summed E-state index contributed by atoms with van der Waals surface area (Å²) < 4.78 is 0. The first kappa shape index (κ1) is 19.7. The van der Waals surface area contributed by atoms with E-state index in [1.165, 1.54) is 11.1 Å². The van der Waals surface area contributed by atoms with Gasteiger partial charge in [0.15, 0.2) is 0 Å². The minimum atomic E-state index is -0.129. The van der Waals surface area contributed by atoms with E-state index in [0.717, 1.165) is 0 Å². The normalized spacial score (nSPS) is 10.8.